The lowest BCUT2D eigenvalue weighted by molar-refractivity contribution is 0.636. The second kappa shape index (κ2) is 3.83. The van der Waals surface area contributed by atoms with Crippen molar-refractivity contribution in [2.24, 2.45) is 0 Å². The Bertz CT molecular complexity index is 512. The van der Waals surface area contributed by atoms with Gasteiger partial charge in [0, 0.05) is 10.0 Å². The van der Waals surface area contributed by atoms with Gasteiger partial charge in [-0.15, -0.1) is 0 Å². The molecule has 0 atom stereocenters. The van der Waals surface area contributed by atoms with Gasteiger partial charge in [0.1, 0.15) is 5.69 Å². The molecule has 0 saturated heterocycles. The van der Waals surface area contributed by atoms with Gasteiger partial charge < -0.3 is 5.73 Å². The molecule has 0 amide bonds. The van der Waals surface area contributed by atoms with Gasteiger partial charge in [-0.3, -0.25) is 5.10 Å². The van der Waals surface area contributed by atoms with Crippen LogP contribution in [-0.2, 0) is 0 Å². The highest BCUT2D eigenvalue weighted by Crippen LogP contribution is 2.34. The number of aromatic amines is 1. The average Bonchev–Trinajstić information content (AvgIpc) is 2.53. The van der Waals surface area contributed by atoms with Crippen LogP contribution < -0.4 is 5.73 Å². The maximum absolute atomic E-state index is 13.5. The summed E-state index contributed by atoms with van der Waals surface area (Å²) in [4.78, 5) is 0. The Morgan fingerprint density at radius 2 is 2.20 bits per heavy atom. The molecule has 2 aromatic rings. The van der Waals surface area contributed by atoms with Gasteiger partial charge in [-0.1, -0.05) is 23.7 Å². The summed E-state index contributed by atoms with van der Waals surface area (Å²) in [6.07, 6.45) is 0. The van der Waals surface area contributed by atoms with Crippen LogP contribution in [0, 0.1) is 5.82 Å². The molecule has 1 heterocycles. The summed E-state index contributed by atoms with van der Waals surface area (Å²) in [6, 6.07) is 5.20. The van der Waals surface area contributed by atoms with Crippen molar-refractivity contribution in [1.82, 2.24) is 10.2 Å². The fourth-order valence-corrected chi connectivity index (χ4v) is 1.80. The second-order valence-electron chi connectivity index (χ2n) is 2.90. The van der Waals surface area contributed by atoms with Gasteiger partial charge in [-0.2, -0.15) is 5.10 Å². The fraction of sp³-hybridized carbons (Fsp3) is 0. The molecule has 3 N–H and O–H groups in total. The molecule has 0 aliphatic heterocycles. The van der Waals surface area contributed by atoms with E-state index in [1.165, 1.54) is 0 Å². The molecular weight excluding hydrogens is 284 g/mol. The first-order chi connectivity index (χ1) is 7.11. The first-order valence-electron chi connectivity index (χ1n) is 4.05. The number of nitrogens with one attached hydrogen (secondary N) is 1. The van der Waals surface area contributed by atoms with Crippen LogP contribution in [0.3, 0.4) is 0 Å². The number of nitrogen functional groups attached to an aromatic ring is 1. The normalized spacial score (nSPS) is 10.6. The molecule has 0 radical (unpaired) electrons. The SMILES string of the molecule is Nc1n[nH]c(-c2cccc(Br)c2Cl)c1F. The smallest absolute Gasteiger partial charge is 0.192 e. The monoisotopic (exact) mass is 289 g/mol. The standard InChI is InChI=1S/C9H6BrClFN3/c10-5-3-1-2-4(6(5)11)8-7(12)9(13)15-14-8/h1-3H,(H3,13,14,15). The zero-order valence-corrected chi connectivity index (χ0v) is 9.73. The molecule has 0 saturated carbocycles. The van der Waals surface area contributed by atoms with Crippen molar-refractivity contribution in [1.29, 1.82) is 0 Å². The Morgan fingerprint density at radius 3 is 2.80 bits per heavy atom. The van der Waals surface area contributed by atoms with E-state index in [0.717, 1.165) is 0 Å². The summed E-state index contributed by atoms with van der Waals surface area (Å²) in [5.41, 5.74) is 6.01. The molecule has 1 aromatic carbocycles. The van der Waals surface area contributed by atoms with Gasteiger partial charge in [0.2, 0.25) is 0 Å². The number of halogens is 3. The van der Waals surface area contributed by atoms with Crippen molar-refractivity contribution in [3.63, 3.8) is 0 Å². The number of aromatic nitrogens is 2. The summed E-state index contributed by atoms with van der Waals surface area (Å²) >= 11 is 9.26. The van der Waals surface area contributed by atoms with Crippen LogP contribution in [0.5, 0.6) is 0 Å². The van der Waals surface area contributed by atoms with Crippen LogP contribution in [0.2, 0.25) is 5.02 Å². The lowest BCUT2D eigenvalue weighted by atomic mass is 10.1. The van der Waals surface area contributed by atoms with Crippen LogP contribution in [0.4, 0.5) is 10.2 Å². The third kappa shape index (κ3) is 1.72. The third-order valence-corrected chi connectivity index (χ3v) is 3.25. The summed E-state index contributed by atoms with van der Waals surface area (Å²) in [7, 11) is 0. The summed E-state index contributed by atoms with van der Waals surface area (Å²) < 4.78 is 14.2. The summed E-state index contributed by atoms with van der Waals surface area (Å²) in [6.45, 7) is 0. The predicted octanol–water partition coefficient (Wildman–Crippen LogP) is 3.21. The molecule has 0 fully saturated rings. The number of hydrogen-bond acceptors (Lipinski definition) is 2. The van der Waals surface area contributed by atoms with Gasteiger partial charge in [-0.25, -0.2) is 4.39 Å². The Labute approximate surface area is 98.6 Å². The van der Waals surface area contributed by atoms with Crippen molar-refractivity contribution in [3.8, 4) is 11.3 Å². The molecule has 78 valence electrons. The van der Waals surface area contributed by atoms with Crippen LogP contribution in [0.1, 0.15) is 0 Å². The largest absolute Gasteiger partial charge is 0.380 e. The highest BCUT2D eigenvalue weighted by atomic mass is 79.9. The highest BCUT2D eigenvalue weighted by Gasteiger charge is 2.15. The number of hydrogen-bond donors (Lipinski definition) is 2. The molecular formula is C9H6BrClFN3. The van der Waals surface area contributed by atoms with Crippen LogP contribution >= 0.6 is 27.5 Å². The molecule has 1 aromatic heterocycles. The predicted molar refractivity (Wildman–Crippen MR) is 61.1 cm³/mol. The minimum Gasteiger partial charge on any atom is -0.380 e. The van der Waals surface area contributed by atoms with E-state index in [-0.39, 0.29) is 11.5 Å². The van der Waals surface area contributed by atoms with E-state index < -0.39 is 5.82 Å². The van der Waals surface area contributed by atoms with Crippen molar-refractivity contribution in [2.75, 3.05) is 5.73 Å². The highest BCUT2D eigenvalue weighted by molar-refractivity contribution is 9.10. The maximum atomic E-state index is 13.5. The molecule has 15 heavy (non-hydrogen) atoms. The first kappa shape index (κ1) is 10.4. The van der Waals surface area contributed by atoms with Gasteiger partial charge in [0.05, 0.1) is 5.02 Å². The molecule has 0 bridgehead atoms. The van der Waals surface area contributed by atoms with E-state index in [2.05, 4.69) is 26.1 Å². The first-order valence-corrected chi connectivity index (χ1v) is 5.22. The lowest BCUT2D eigenvalue weighted by Crippen LogP contribution is -1.88. The third-order valence-electron chi connectivity index (χ3n) is 1.95. The number of rotatable bonds is 1. The number of nitrogens with zero attached hydrogens (tertiary/aromatic N) is 1. The molecule has 3 nitrogen and oxygen atoms in total. The van der Waals surface area contributed by atoms with Crippen LogP contribution in [0.25, 0.3) is 11.3 Å². The van der Waals surface area contributed by atoms with Gasteiger partial charge in [0.25, 0.3) is 0 Å². The Balaban J connectivity index is 2.64. The number of H-pyrrole nitrogens is 1. The Kier molecular flexibility index (Phi) is 2.67. The molecule has 0 unspecified atom stereocenters. The van der Waals surface area contributed by atoms with Crippen molar-refractivity contribution >= 4 is 33.3 Å². The van der Waals surface area contributed by atoms with Crippen LogP contribution in [-0.4, -0.2) is 10.2 Å². The average molecular weight is 291 g/mol. The zero-order valence-electron chi connectivity index (χ0n) is 7.39. The van der Waals surface area contributed by atoms with E-state index in [9.17, 15) is 4.39 Å². The molecule has 0 aliphatic carbocycles. The van der Waals surface area contributed by atoms with Crippen molar-refractivity contribution in [2.45, 2.75) is 0 Å². The lowest BCUT2D eigenvalue weighted by Gasteiger charge is -2.02. The molecule has 0 spiro atoms. The molecule has 0 aliphatic rings. The minimum atomic E-state index is -0.588. The number of nitrogens with two attached hydrogens (primary N) is 1. The number of anilines is 1. The molecule has 2 rings (SSSR count). The minimum absolute atomic E-state index is 0.166. The fourth-order valence-electron chi connectivity index (χ4n) is 1.22. The topological polar surface area (TPSA) is 54.7 Å². The van der Waals surface area contributed by atoms with Gasteiger partial charge in [-0.05, 0) is 22.0 Å². The van der Waals surface area contributed by atoms with E-state index in [4.69, 9.17) is 17.3 Å². The van der Waals surface area contributed by atoms with E-state index in [1.807, 2.05) is 0 Å². The van der Waals surface area contributed by atoms with E-state index in [1.54, 1.807) is 18.2 Å². The summed E-state index contributed by atoms with van der Waals surface area (Å²) in [5.74, 6) is -0.754. The Hall–Kier alpha value is -1.07. The van der Waals surface area contributed by atoms with Gasteiger partial charge >= 0.3 is 0 Å². The second-order valence-corrected chi connectivity index (χ2v) is 4.13. The summed E-state index contributed by atoms with van der Waals surface area (Å²) in [5, 5.41) is 6.49. The van der Waals surface area contributed by atoms with Crippen LogP contribution in [0.15, 0.2) is 22.7 Å². The quantitative estimate of drug-likeness (QED) is 0.847. The zero-order chi connectivity index (χ0) is 11.0. The van der Waals surface area contributed by atoms with E-state index in [0.29, 0.717) is 15.1 Å². The Morgan fingerprint density at radius 1 is 1.47 bits per heavy atom. The van der Waals surface area contributed by atoms with Crippen molar-refractivity contribution in [3.05, 3.63) is 33.5 Å². The molecule has 6 heteroatoms. The maximum Gasteiger partial charge on any atom is 0.192 e. The van der Waals surface area contributed by atoms with Crippen molar-refractivity contribution < 1.29 is 4.39 Å². The number of benzene rings is 1. The van der Waals surface area contributed by atoms with Gasteiger partial charge in [0.15, 0.2) is 11.6 Å². The van der Waals surface area contributed by atoms with E-state index >= 15 is 0 Å².